The Hall–Kier alpha value is -2.93. The van der Waals surface area contributed by atoms with Crippen LogP contribution in [-0.2, 0) is 4.74 Å². The van der Waals surface area contributed by atoms with Crippen molar-refractivity contribution in [1.29, 1.82) is 0 Å². The molecule has 7 nitrogen and oxygen atoms in total. The summed E-state index contributed by atoms with van der Waals surface area (Å²) in [6, 6.07) is 8.32. The maximum atomic E-state index is 11.9. The van der Waals surface area contributed by atoms with E-state index in [4.69, 9.17) is 20.8 Å². The van der Waals surface area contributed by atoms with E-state index in [0.29, 0.717) is 27.7 Å². The maximum Gasteiger partial charge on any atom is 0.338 e. The molecule has 2 heterocycles. The first-order valence-corrected chi connectivity index (χ1v) is 6.92. The Labute approximate surface area is 136 Å². The van der Waals surface area contributed by atoms with Crippen molar-refractivity contribution in [3.05, 3.63) is 59.3 Å². The number of furan rings is 1. The van der Waals surface area contributed by atoms with Gasteiger partial charge >= 0.3 is 5.97 Å². The lowest BCUT2D eigenvalue weighted by molar-refractivity contribution is 0.0601. The number of esters is 1. The molecule has 0 saturated carbocycles. The minimum atomic E-state index is -0.465. The highest BCUT2D eigenvalue weighted by Gasteiger charge is 2.16. The molecule has 23 heavy (non-hydrogen) atoms. The number of hydrogen-bond acceptors (Lipinski definition) is 6. The molecule has 0 aliphatic carbocycles. The van der Waals surface area contributed by atoms with Crippen molar-refractivity contribution in [2.75, 3.05) is 7.11 Å². The van der Waals surface area contributed by atoms with E-state index in [1.165, 1.54) is 30.7 Å². The van der Waals surface area contributed by atoms with E-state index in [2.05, 4.69) is 15.3 Å². The van der Waals surface area contributed by atoms with Crippen molar-refractivity contribution in [2.24, 2.45) is 5.10 Å². The predicted molar refractivity (Wildman–Crippen MR) is 83.5 cm³/mol. The molecule has 8 heteroatoms. The molecule has 0 fully saturated rings. The third kappa shape index (κ3) is 3.29. The minimum absolute atomic E-state index is 0.369. The SMILES string of the molecule is COC(=O)c1ccc(Cl)cc1-c1ccc(/C=N/n2cnnc2)o1. The number of ether oxygens (including phenoxy) is 1. The second-order valence-electron chi connectivity index (χ2n) is 4.47. The first-order valence-electron chi connectivity index (χ1n) is 6.54. The number of nitrogens with zero attached hydrogens (tertiary/aromatic N) is 4. The summed E-state index contributed by atoms with van der Waals surface area (Å²) in [5.74, 6) is 0.523. The number of carbonyl (C=O) groups excluding carboxylic acids is 1. The molecule has 0 bridgehead atoms. The fraction of sp³-hybridized carbons (Fsp3) is 0.0667. The third-order valence-corrected chi connectivity index (χ3v) is 3.24. The van der Waals surface area contributed by atoms with Gasteiger partial charge in [-0.05, 0) is 30.3 Å². The van der Waals surface area contributed by atoms with Gasteiger partial charge in [-0.2, -0.15) is 5.10 Å². The number of aromatic nitrogens is 3. The van der Waals surface area contributed by atoms with Gasteiger partial charge in [-0.3, -0.25) is 0 Å². The number of methoxy groups -OCH3 is 1. The van der Waals surface area contributed by atoms with Crippen LogP contribution in [0.1, 0.15) is 16.1 Å². The van der Waals surface area contributed by atoms with Crippen LogP contribution in [0.4, 0.5) is 0 Å². The summed E-state index contributed by atoms with van der Waals surface area (Å²) in [6.45, 7) is 0. The van der Waals surface area contributed by atoms with E-state index in [1.54, 1.807) is 30.3 Å². The number of rotatable bonds is 4. The molecule has 0 spiro atoms. The Kier molecular flexibility index (Phi) is 4.20. The van der Waals surface area contributed by atoms with Crippen LogP contribution in [0.5, 0.6) is 0 Å². The molecule has 0 aliphatic rings. The smallest absolute Gasteiger partial charge is 0.338 e. The molecular weight excluding hydrogens is 320 g/mol. The van der Waals surface area contributed by atoms with Gasteiger partial charge in [0.2, 0.25) is 0 Å². The Morgan fingerprint density at radius 2 is 2.09 bits per heavy atom. The standard InChI is InChI=1S/C15H11ClN4O3/c1-22-15(21)12-4-2-10(16)6-13(12)14-5-3-11(23-14)7-19-20-8-17-18-9-20/h2-9H,1H3/b19-7+. The molecule has 0 amide bonds. The summed E-state index contributed by atoms with van der Waals surface area (Å²) in [5, 5.41) is 11.9. The fourth-order valence-electron chi connectivity index (χ4n) is 1.95. The normalized spacial score (nSPS) is 11.0. The summed E-state index contributed by atoms with van der Waals surface area (Å²) in [4.78, 5) is 11.9. The zero-order valence-corrected chi connectivity index (χ0v) is 12.8. The summed E-state index contributed by atoms with van der Waals surface area (Å²) in [7, 11) is 1.32. The Morgan fingerprint density at radius 1 is 1.30 bits per heavy atom. The van der Waals surface area contributed by atoms with Gasteiger partial charge in [0.05, 0.1) is 18.9 Å². The van der Waals surface area contributed by atoms with Crippen molar-refractivity contribution in [1.82, 2.24) is 14.9 Å². The summed E-state index contributed by atoms with van der Waals surface area (Å²) < 4.78 is 11.9. The Balaban J connectivity index is 1.94. The van der Waals surface area contributed by atoms with Crippen LogP contribution in [0.3, 0.4) is 0 Å². The molecule has 3 aromatic rings. The lowest BCUT2D eigenvalue weighted by Crippen LogP contribution is -2.03. The van der Waals surface area contributed by atoms with Crippen LogP contribution in [0.2, 0.25) is 5.02 Å². The van der Waals surface area contributed by atoms with E-state index in [1.807, 2.05) is 0 Å². The molecule has 2 aromatic heterocycles. The van der Waals surface area contributed by atoms with Crippen LogP contribution >= 0.6 is 11.6 Å². The van der Waals surface area contributed by atoms with Gasteiger partial charge in [-0.25, -0.2) is 9.47 Å². The van der Waals surface area contributed by atoms with Gasteiger partial charge < -0.3 is 9.15 Å². The quantitative estimate of drug-likeness (QED) is 0.542. The molecule has 116 valence electrons. The first kappa shape index (κ1) is 15.0. The van der Waals surface area contributed by atoms with Crippen molar-refractivity contribution in [3.63, 3.8) is 0 Å². The average molecular weight is 331 g/mol. The maximum absolute atomic E-state index is 11.9. The van der Waals surface area contributed by atoms with Gasteiger partial charge in [0, 0.05) is 10.6 Å². The molecule has 0 radical (unpaired) electrons. The van der Waals surface area contributed by atoms with Gasteiger partial charge in [-0.1, -0.05) is 11.6 Å². The van der Waals surface area contributed by atoms with E-state index >= 15 is 0 Å². The van der Waals surface area contributed by atoms with Crippen LogP contribution in [0, 0.1) is 0 Å². The lowest BCUT2D eigenvalue weighted by atomic mass is 10.1. The van der Waals surface area contributed by atoms with Crippen LogP contribution in [-0.4, -0.2) is 34.2 Å². The molecule has 0 N–H and O–H groups in total. The number of halogens is 1. The topological polar surface area (TPSA) is 82.5 Å². The van der Waals surface area contributed by atoms with Gasteiger partial charge in [0.15, 0.2) is 0 Å². The van der Waals surface area contributed by atoms with E-state index in [-0.39, 0.29) is 0 Å². The van der Waals surface area contributed by atoms with E-state index in [9.17, 15) is 4.79 Å². The fourth-order valence-corrected chi connectivity index (χ4v) is 2.13. The van der Waals surface area contributed by atoms with Crippen molar-refractivity contribution in [2.45, 2.75) is 0 Å². The predicted octanol–water partition coefficient (Wildman–Crippen LogP) is 2.86. The van der Waals surface area contributed by atoms with Gasteiger partial charge in [0.25, 0.3) is 0 Å². The van der Waals surface area contributed by atoms with Crippen LogP contribution < -0.4 is 0 Å². The number of carbonyl (C=O) groups is 1. The Morgan fingerprint density at radius 3 is 2.83 bits per heavy atom. The number of hydrogen-bond donors (Lipinski definition) is 0. The minimum Gasteiger partial charge on any atom is -0.465 e. The second kappa shape index (κ2) is 6.45. The molecular formula is C15H11ClN4O3. The van der Waals surface area contributed by atoms with Crippen molar-refractivity contribution < 1.29 is 13.9 Å². The summed E-state index contributed by atoms with van der Waals surface area (Å²) in [5.41, 5.74) is 0.918. The highest BCUT2D eigenvalue weighted by atomic mass is 35.5. The first-order chi connectivity index (χ1) is 11.2. The lowest BCUT2D eigenvalue weighted by Gasteiger charge is -2.06. The summed E-state index contributed by atoms with van der Waals surface area (Å²) >= 11 is 6.01. The third-order valence-electron chi connectivity index (χ3n) is 3.00. The zero-order valence-electron chi connectivity index (χ0n) is 12.0. The van der Waals surface area contributed by atoms with Crippen LogP contribution in [0.25, 0.3) is 11.3 Å². The highest BCUT2D eigenvalue weighted by molar-refractivity contribution is 6.31. The van der Waals surface area contributed by atoms with Crippen molar-refractivity contribution in [3.8, 4) is 11.3 Å². The molecule has 0 aliphatic heterocycles. The molecule has 0 unspecified atom stereocenters. The number of benzene rings is 1. The molecule has 0 saturated heterocycles. The van der Waals surface area contributed by atoms with Gasteiger partial charge in [0.1, 0.15) is 24.2 Å². The average Bonchev–Trinajstić information content (AvgIpc) is 3.23. The monoisotopic (exact) mass is 330 g/mol. The molecule has 0 atom stereocenters. The van der Waals surface area contributed by atoms with E-state index in [0.717, 1.165) is 0 Å². The Bertz CT molecular complexity index is 855. The summed E-state index contributed by atoms with van der Waals surface area (Å²) in [6.07, 6.45) is 4.41. The second-order valence-corrected chi connectivity index (χ2v) is 4.91. The highest BCUT2D eigenvalue weighted by Crippen LogP contribution is 2.29. The van der Waals surface area contributed by atoms with Crippen LogP contribution in [0.15, 0.2) is 52.5 Å². The molecule has 3 rings (SSSR count). The van der Waals surface area contributed by atoms with Gasteiger partial charge in [-0.15, -0.1) is 10.2 Å². The molecule has 1 aromatic carbocycles. The zero-order chi connectivity index (χ0) is 16.2. The largest absolute Gasteiger partial charge is 0.465 e. The van der Waals surface area contributed by atoms with E-state index < -0.39 is 5.97 Å². The van der Waals surface area contributed by atoms with Crippen molar-refractivity contribution >= 4 is 23.8 Å².